The molecule has 1 aliphatic rings. The number of nitrogens with zero attached hydrogens (tertiary/aromatic N) is 1. The Morgan fingerprint density at radius 3 is 2.55 bits per heavy atom. The van der Waals surface area contributed by atoms with Crippen LogP contribution < -0.4 is 10.5 Å². The van der Waals surface area contributed by atoms with Crippen LogP contribution in [0.1, 0.15) is 38.2 Å². The molecule has 0 unspecified atom stereocenters. The maximum atomic E-state index is 14.0. The molecule has 0 amide bonds. The molecule has 1 aromatic rings. The van der Waals surface area contributed by atoms with Crippen LogP contribution >= 0.6 is 0 Å². The van der Waals surface area contributed by atoms with E-state index >= 15 is 0 Å². The number of nitrogens with two attached hydrogens (primary N) is 1. The first-order valence-corrected chi connectivity index (χ1v) is 7.46. The van der Waals surface area contributed by atoms with Gasteiger partial charge in [0.05, 0.1) is 7.11 Å². The molecule has 0 saturated heterocycles. The number of halogens is 1. The molecule has 20 heavy (non-hydrogen) atoms. The summed E-state index contributed by atoms with van der Waals surface area (Å²) >= 11 is 0. The van der Waals surface area contributed by atoms with Crippen LogP contribution in [0.4, 0.5) is 4.39 Å². The summed E-state index contributed by atoms with van der Waals surface area (Å²) in [5.41, 5.74) is 6.69. The van der Waals surface area contributed by atoms with Crippen molar-refractivity contribution in [2.45, 2.75) is 51.2 Å². The molecule has 1 aromatic carbocycles. The Balaban J connectivity index is 2.02. The van der Waals surface area contributed by atoms with E-state index in [4.69, 9.17) is 10.5 Å². The average molecular weight is 280 g/mol. The predicted molar refractivity (Wildman–Crippen MR) is 79.3 cm³/mol. The van der Waals surface area contributed by atoms with Crippen LogP contribution in [-0.2, 0) is 6.54 Å². The number of ether oxygens (including phenoxy) is 1. The molecule has 2 N–H and O–H groups in total. The Hall–Kier alpha value is -1.13. The first-order chi connectivity index (χ1) is 9.63. The lowest BCUT2D eigenvalue weighted by molar-refractivity contribution is 0.148. The molecular formula is C16H25FN2O. The van der Waals surface area contributed by atoms with Gasteiger partial charge in [0.1, 0.15) is 11.6 Å². The molecular weight excluding hydrogens is 255 g/mol. The van der Waals surface area contributed by atoms with Gasteiger partial charge in [-0.3, -0.25) is 4.90 Å². The summed E-state index contributed by atoms with van der Waals surface area (Å²) in [6.45, 7) is 3.73. The monoisotopic (exact) mass is 280 g/mol. The third kappa shape index (κ3) is 3.70. The van der Waals surface area contributed by atoms with Crippen molar-refractivity contribution in [1.82, 2.24) is 4.90 Å². The SMILES string of the molecule is CCN(Cc1ccc(OC)cc1F)C1CCC(N)CC1. The van der Waals surface area contributed by atoms with Crippen LogP contribution in [0.15, 0.2) is 18.2 Å². The zero-order valence-electron chi connectivity index (χ0n) is 12.4. The van der Waals surface area contributed by atoms with Gasteiger partial charge >= 0.3 is 0 Å². The Labute approximate surface area is 120 Å². The van der Waals surface area contributed by atoms with Crippen LogP contribution in [0.2, 0.25) is 0 Å². The van der Waals surface area contributed by atoms with Gasteiger partial charge in [0.25, 0.3) is 0 Å². The molecule has 3 nitrogen and oxygen atoms in total. The fourth-order valence-corrected chi connectivity index (χ4v) is 2.97. The number of hydrogen-bond acceptors (Lipinski definition) is 3. The van der Waals surface area contributed by atoms with Crippen LogP contribution in [0.5, 0.6) is 5.75 Å². The number of hydrogen-bond donors (Lipinski definition) is 1. The summed E-state index contributed by atoms with van der Waals surface area (Å²) in [6, 6.07) is 5.98. The Morgan fingerprint density at radius 1 is 1.30 bits per heavy atom. The van der Waals surface area contributed by atoms with Gasteiger partial charge in [-0.25, -0.2) is 4.39 Å². The second kappa shape index (κ2) is 7.04. The zero-order chi connectivity index (χ0) is 14.5. The van der Waals surface area contributed by atoms with Crippen molar-refractivity contribution in [1.29, 1.82) is 0 Å². The largest absolute Gasteiger partial charge is 0.497 e. The van der Waals surface area contributed by atoms with Gasteiger partial charge in [-0.05, 0) is 38.3 Å². The van der Waals surface area contributed by atoms with Gasteiger partial charge in [0.15, 0.2) is 0 Å². The molecule has 2 rings (SSSR count). The summed E-state index contributed by atoms with van der Waals surface area (Å²) in [4.78, 5) is 2.36. The predicted octanol–water partition coefficient (Wildman–Crippen LogP) is 2.93. The Morgan fingerprint density at radius 2 is 2.00 bits per heavy atom. The minimum Gasteiger partial charge on any atom is -0.497 e. The summed E-state index contributed by atoms with van der Waals surface area (Å²) in [7, 11) is 1.55. The molecule has 0 aliphatic heterocycles. The minimum atomic E-state index is -0.185. The zero-order valence-corrected chi connectivity index (χ0v) is 12.4. The van der Waals surface area contributed by atoms with E-state index < -0.39 is 0 Å². The van der Waals surface area contributed by atoms with Crippen molar-refractivity contribution < 1.29 is 9.13 Å². The smallest absolute Gasteiger partial charge is 0.131 e. The average Bonchev–Trinajstić information content (AvgIpc) is 2.47. The molecule has 112 valence electrons. The lowest BCUT2D eigenvalue weighted by atomic mass is 9.90. The second-order valence-corrected chi connectivity index (χ2v) is 5.59. The lowest BCUT2D eigenvalue weighted by Gasteiger charge is -2.35. The van der Waals surface area contributed by atoms with Gasteiger partial charge in [-0.1, -0.05) is 13.0 Å². The standard InChI is InChI=1S/C16H25FN2O/c1-3-19(14-7-5-13(18)6-8-14)11-12-4-9-15(20-2)10-16(12)17/h4,9-10,13-14H,3,5-8,11,18H2,1-2H3. The third-order valence-corrected chi connectivity index (χ3v) is 4.30. The van der Waals surface area contributed by atoms with E-state index in [-0.39, 0.29) is 5.82 Å². The second-order valence-electron chi connectivity index (χ2n) is 5.59. The van der Waals surface area contributed by atoms with E-state index in [1.54, 1.807) is 7.11 Å². The number of methoxy groups -OCH3 is 1. The van der Waals surface area contributed by atoms with Gasteiger partial charge in [0.2, 0.25) is 0 Å². The van der Waals surface area contributed by atoms with Crippen LogP contribution in [0.3, 0.4) is 0 Å². The van der Waals surface area contributed by atoms with Crippen LogP contribution in [-0.4, -0.2) is 30.6 Å². The maximum Gasteiger partial charge on any atom is 0.131 e. The number of rotatable bonds is 5. The summed E-state index contributed by atoms with van der Waals surface area (Å²) in [6.07, 6.45) is 4.39. The molecule has 0 atom stereocenters. The van der Waals surface area contributed by atoms with E-state index in [1.165, 1.54) is 6.07 Å². The van der Waals surface area contributed by atoms with Crippen molar-refractivity contribution >= 4 is 0 Å². The fourth-order valence-electron chi connectivity index (χ4n) is 2.97. The maximum absolute atomic E-state index is 14.0. The minimum absolute atomic E-state index is 0.185. The van der Waals surface area contributed by atoms with Crippen molar-refractivity contribution in [3.63, 3.8) is 0 Å². The van der Waals surface area contributed by atoms with Crippen molar-refractivity contribution in [2.24, 2.45) is 5.73 Å². The Kier molecular flexibility index (Phi) is 5.38. The van der Waals surface area contributed by atoms with E-state index in [2.05, 4.69) is 11.8 Å². The summed E-state index contributed by atoms with van der Waals surface area (Å²) in [5.74, 6) is 0.383. The van der Waals surface area contributed by atoms with Gasteiger partial charge < -0.3 is 10.5 Å². The van der Waals surface area contributed by atoms with Crippen LogP contribution in [0.25, 0.3) is 0 Å². The topological polar surface area (TPSA) is 38.5 Å². The van der Waals surface area contributed by atoms with Gasteiger partial charge in [0, 0.05) is 30.3 Å². The summed E-state index contributed by atoms with van der Waals surface area (Å²) in [5, 5.41) is 0. The van der Waals surface area contributed by atoms with Gasteiger partial charge in [-0.2, -0.15) is 0 Å². The molecule has 1 aliphatic carbocycles. The van der Waals surface area contributed by atoms with Crippen LogP contribution in [0, 0.1) is 5.82 Å². The van der Waals surface area contributed by atoms with E-state index in [1.807, 2.05) is 12.1 Å². The molecule has 0 spiro atoms. The highest BCUT2D eigenvalue weighted by Crippen LogP contribution is 2.25. The first kappa shape index (κ1) is 15.3. The fraction of sp³-hybridized carbons (Fsp3) is 0.625. The quantitative estimate of drug-likeness (QED) is 0.901. The normalized spacial score (nSPS) is 23.1. The molecule has 0 radical (unpaired) electrons. The van der Waals surface area contributed by atoms with E-state index in [0.29, 0.717) is 24.4 Å². The summed E-state index contributed by atoms with van der Waals surface area (Å²) < 4.78 is 19.1. The molecule has 0 aromatic heterocycles. The van der Waals surface area contributed by atoms with Crippen molar-refractivity contribution in [2.75, 3.05) is 13.7 Å². The third-order valence-electron chi connectivity index (χ3n) is 4.30. The highest BCUT2D eigenvalue weighted by molar-refractivity contribution is 5.28. The highest BCUT2D eigenvalue weighted by Gasteiger charge is 2.24. The molecule has 1 saturated carbocycles. The number of benzene rings is 1. The van der Waals surface area contributed by atoms with E-state index in [0.717, 1.165) is 37.8 Å². The molecule has 0 heterocycles. The Bertz CT molecular complexity index is 430. The molecule has 4 heteroatoms. The highest BCUT2D eigenvalue weighted by atomic mass is 19.1. The molecule has 0 bridgehead atoms. The van der Waals surface area contributed by atoms with Crippen molar-refractivity contribution in [3.05, 3.63) is 29.6 Å². The lowest BCUT2D eigenvalue weighted by Crippen LogP contribution is -2.40. The van der Waals surface area contributed by atoms with E-state index in [9.17, 15) is 4.39 Å². The van der Waals surface area contributed by atoms with Crippen molar-refractivity contribution in [3.8, 4) is 5.75 Å². The first-order valence-electron chi connectivity index (χ1n) is 7.46. The van der Waals surface area contributed by atoms with Gasteiger partial charge in [-0.15, -0.1) is 0 Å². The molecule has 1 fully saturated rings.